The molecule has 0 aliphatic carbocycles. The summed E-state index contributed by atoms with van der Waals surface area (Å²) in [4.78, 5) is 10.7. The largest absolute Gasteiger partial charge is 0.497 e. The van der Waals surface area contributed by atoms with E-state index in [4.69, 9.17) is 9.73 Å². The summed E-state index contributed by atoms with van der Waals surface area (Å²) < 4.78 is 7.10. The summed E-state index contributed by atoms with van der Waals surface area (Å²) in [7, 11) is 1.65. The Morgan fingerprint density at radius 3 is 2.53 bits per heavy atom. The fourth-order valence-electron chi connectivity index (χ4n) is 3.56. The van der Waals surface area contributed by atoms with Gasteiger partial charge in [0.1, 0.15) is 5.75 Å². The van der Waals surface area contributed by atoms with Gasteiger partial charge in [-0.05, 0) is 42.0 Å². The van der Waals surface area contributed by atoms with Crippen molar-refractivity contribution in [2.75, 3.05) is 7.11 Å². The highest BCUT2D eigenvalue weighted by Gasteiger charge is 2.16. The standard InChI is InChI=1S/C26H21N3O2S/c1-31-21-13-11-18(12-14-21)17-29-25(30)24(32-26(29)28-20-7-3-2-4-8-20)15-19-16-27-23-10-6-5-9-22(19)23/h2-16,30H,17H2,1H3/b19-15+,28-26?. The Morgan fingerprint density at radius 2 is 1.75 bits per heavy atom. The number of ether oxygens (including phenoxy) is 1. The van der Waals surface area contributed by atoms with Crippen molar-refractivity contribution in [2.24, 2.45) is 9.98 Å². The SMILES string of the molecule is COc1ccc(Cn2c(O)c(/C=C3\C=Nc4ccccc43)sc2=Nc2ccccc2)cc1. The number of rotatable bonds is 5. The van der Waals surface area contributed by atoms with Crippen molar-refractivity contribution < 1.29 is 9.84 Å². The molecule has 1 aliphatic rings. The lowest BCUT2D eigenvalue weighted by molar-refractivity contribution is 0.413. The Balaban J connectivity index is 1.60. The minimum atomic E-state index is 0.186. The monoisotopic (exact) mass is 439 g/mol. The van der Waals surface area contributed by atoms with Gasteiger partial charge in [0.05, 0.1) is 29.9 Å². The summed E-state index contributed by atoms with van der Waals surface area (Å²) >= 11 is 1.45. The van der Waals surface area contributed by atoms with Gasteiger partial charge in [0.15, 0.2) is 4.80 Å². The van der Waals surface area contributed by atoms with E-state index < -0.39 is 0 Å². The maximum atomic E-state index is 11.2. The van der Waals surface area contributed by atoms with Crippen molar-refractivity contribution in [3.8, 4) is 11.6 Å². The lowest BCUT2D eigenvalue weighted by Crippen LogP contribution is -2.14. The number of para-hydroxylation sites is 2. The van der Waals surface area contributed by atoms with Crippen LogP contribution in [0.5, 0.6) is 11.6 Å². The summed E-state index contributed by atoms with van der Waals surface area (Å²) in [5.74, 6) is 0.984. The van der Waals surface area contributed by atoms with Gasteiger partial charge in [-0.15, -0.1) is 0 Å². The fourth-order valence-corrected chi connectivity index (χ4v) is 4.56. The van der Waals surface area contributed by atoms with E-state index in [1.807, 2.05) is 95.7 Å². The number of aromatic nitrogens is 1. The minimum absolute atomic E-state index is 0.186. The Hall–Kier alpha value is -3.90. The zero-order valence-electron chi connectivity index (χ0n) is 17.5. The highest BCUT2D eigenvalue weighted by atomic mass is 32.1. The molecular weight excluding hydrogens is 418 g/mol. The van der Waals surface area contributed by atoms with Gasteiger partial charge in [-0.3, -0.25) is 9.56 Å². The summed E-state index contributed by atoms with van der Waals surface area (Å²) in [5, 5.41) is 11.2. The summed E-state index contributed by atoms with van der Waals surface area (Å²) in [6.07, 6.45) is 3.81. The Kier molecular flexibility index (Phi) is 5.44. The molecule has 0 atom stereocenters. The average molecular weight is 440 g/mol. The Morgan fingerprint density at radius 1 is 1.00 bits per heavy atom. The smallest absolute Gasteiger partial charge is 0.211 e. The molecule has 4 aromatic rings. The van der Waals surface area contributed by atoms with E-state index in [1.54, 1.807) is 7.11 Å². The third-order valence-electron chi connectivity index (χ3n) is 5.23. The molecule has 1 aromatic heterocycles. The van der Waals surface area contributed by atoms with Crippen LogP contribution in [-0.4, -0.2) is 23.0 Å². The van der Waals surface area contributed by atoms with E-state index in [2.05, 4.69) is 4.99 Å². The van der Waals surface area contributed by atoms with Crippen molar-refractivity contribution in [2.45, 2.75) is 6.54 Å². The normalized spacial score (nSPS) is 14.2. The Labute approximate surface area is 190 Å². The number of thiazole rings is 1. The second-order valence-electron chi connectivity index (χ2n) is 7.33. The van der Waals surface area contributed by atoms with Crippen molar-refractivity contribution in [3.63, 3.8) is 0 Å². The molecule has 1 aliphatic heterocycles. The van der Waals surface area contributed by atoms with Crippen LogP contribution in [0.2, 0.25) is 0 Å². The first-order valence-electron chi connectivity index (χ1n) is 10.2. The van der Waals surface area contributed by atoms with Crippen LogP contribution in [0.3, 0.4) is 0 Å². The lowest BCUT2D eigenvalue weighted by Gasteiger charge is -2.07. The molecule has 0 spiro atoms. The molecule has 5 nitrogen and oxygen atoms in total. The van der Waals surface area contributed by atoms with Crippen LogP contribution in [-0.2, 0) is 6.54 Å². The molecule has 0 saturated heterocycles. The molecule has 0 unspecified atom stereocenters. The van der Waals surface area contributed by atoms with Gasteiger partial charge in [-0.2, -0.15) is 0 Å². The quantitative estimate of drug-likeness (QED) is 0.427. The molecule has 3 aromatic carbocycles. The third kappa shape index (κ3) is 4.00. The lowest BCUT2D eigenvalue weighted by atomic mass is 10.1. The van der Waals surface area contributed by atoms with E-state index in [1.165, 1.54) is 11.3 Å². The van der Waals surface area contributed by atoms with Crippen LogP contribution >= 0.6 is 11.3 Å². The molecule has 0 radical (unpaired) electrons. The number of hydrogen-bond acceptors (Lipinski definition) is 5. The maximum absolute atomic E-state index is 11.2. The molecule has 0 fully saturated rings. The highest BCUT2D eigenvalue weighted by Crippen LogP contribution is 2.34. The van der Waals surface area contributed by atoms with Crippen molar-refractivity contribution in [1.82, 2.24) is 4.57 Å². The summed E-state index contributed by atoms with van der Waals surface area (Å²) in [6.45, 7) is 0.492. The Bertz CT molecular complexity index is 1380. The molecule has 0 amide bonds. The van der Waals surface area contributed by atoms with E-state index >= 15 is 0 Å². The highest BCUT2D eigenvalue weighted by molar-refractivity contribution is 7.10. The van der Waals surface area contributed by atoms with Gasteiger partial charge < -0.3 is 9.84 Å². The number of benzene rings is 3. The van der Waals surface area contributed by atoms with Crippen molar-refractivity contribution >= 4 is 40.6 Å². The second kappa shape index (κ2) is 8.69. The summed E-state index contributed by atoms with van der Waals surface area (Å²) in [6, 6.07) is 25.6. The molecule has 5 rings (SSSR count). The van der Waals surface area contributed by atoms with Crippen LogP contribution < -0.4 is 9.54 Å². The first kappa shape index (κ1) is 20.0. The number of methoxy groups -OCH3 is 1. The van der Waals surface area contributed by atoms with Crippen LogP contribution in [0.1, 0.15) is 16.0 Å². The molecule has 0 saturated carbocycles. The van der Waals surface area contributed by atoms with E-state index in [0.29, 0.717) is 6.54 Å². The van der Waals surface area contributed by atoms with Gasteiger partial charge in [-0.1, -0.05) is 59.9 Å². The van der Waals surface area contributed by atoms with Crippen LogP contribution in [0.15, 0.2) is 88.8 Å². The van der Waals surface area contributed by atoms with Crippen molar-refractivity contribution in [3.05, 3.63) is 99.7 Å². The third-order valence-corrected chi connectivity index (χ3v) is 6.25. The number of allylic oxidation sites excluding steroid dienone is 1. The molecule has 0 bridgehead atoms. The minimum Gasteiger partial charge on any atom is -0.497 e. The first-order valence-corrected chi connectivity index (χ1v) is 11.0. The number of fused-ring (bicyclic) bond motifs is 1. The van der Waals surface area contributed by atoms with Gasteiger partial charge in [0.2, 0.25) is 5.88 Å². The molecular formula is C26H21N3O2S. The topological polar surface area (TPSA) is 59.1 Å². The molecule has 158 valence electrons. The van der Waals surface area contributed by atoms with E-state index in [9.17, 15) is 5.11 Å². The zero-order valence-corrected chi connectivity index (χ0v) is 18.3. The average Bonchev–Trinajstić information content (AvgIpc) is 3.37. The van der Waals surface area contributed by atoms with E-state index in [0.717, 1.165) is 43.5 Å². The number of nitrogens with zero attached hydrogens (tertiary/aromatic N) is 3. The van der Waals surface area contributed by atoms with Crippen molar-refractivity contribution in [1.29, 1.82) is 0 Å². The van der Waals surface area contributed by atoms with Crippen LogP contribution in [0.4, 0.5) is 11.4 Å². The molecule has 32 heavy (non-hydrogen) atoms. The van der Waals surface area contributed by atoms with Gasteiger partial charge in [0.25, 0.3) is 0 Å². The predicted molar refractivity (Wildman–Crippen MR) is 130 cm³/mol. The maximum Gasteiger partial charge on any atom is 0.211 e. The summed E-state index contributed by atoms with van der Waals surface area (Å²) in [5.41, 5.74) is 4.85. The van der Waals surface area contributed by atoms with E-state index in [-0.39, 0.29) is 5.88 Å². The predicted octanol–water partition coefficient (Wildman–Crippen LogP) is 5.80. The zero-order chi connectivity index (χ0) is 21.9. The van der Waals surface area contributed by atoms with Gasteiger partial charge in [0, 0.05) is 17.4 Å². The van der Waals surface area contributed by atoms with Crippen LogP contribution in [0, 0.1) is 0 Å². The molecule has 2 heterocycles. The second-order valence-corrected chi connectivity index (χ2v) is 8.34. The number of aliphatic imine (C=N–C) groups is 1. The molecule has 6 heteroatoms. The fraction of sp³-hybridized carbons (Fsp3) is 0.0769. The number of hydrogen-bond donors (Lipinski definition) is 1. The van der Waals surface area contributed by atoms with Gasteiger partial charge >= 0.3 is 0 Å². The van der Waals surface area contributed by atoms with Crippen LogP contribution in [0.25, 0.3) is 11.6 Å². The molecule has 1 N–H and O–H groups in total. The first-order chi connectivity index (χ1) is 15.7. The van der Waals surface area contributed by atoms with Gasteiger partial charge in [-0.25, -0.2) is 4.99 Å². The number of aromatic hydroxyl groups is 1.